The van der Waals surface area contributed by atoms with Crippen LogP contribution < -0.4 is 5.56 Å². The summed E-state index contributed by atoms with van der Waals surface area (Å²) >= 11 is 0. The Morgan fingerprint density at radius 2 is 2.05 bits per heavy atom. The SMILES string of the molecule is CC1CCN(Cc2nc3ccccc3c(=O)[nH]2)CC1. The molecule has 4 heteroatoms. The highest BCUT2D eigenvalue weighted by Gasteiger charge is 2.16. The smallest absolute Gasteiger partial charge is 0.258 e. The molecule has 19 heavy (non-hydrogen) atoms. The van der Waals surface area contributed by atoms with E-state index in [0.717, 1.165) is 36.9 Å². The number of aromatic amines is 1. The first kappa shape index (κ1) is 12.4. The van der Waals surface area contributed by atoms with E-state index in [9.17, 15) is 4.79 Å². The standard InChI is InChI=1S/C15H19N3O/c1-11-6-8-18(9-7-11)10-14-16-13-5-3-2-4-12(13)15(19)17-14/h2-5,11H,6-10H2,1H3,(H,16,17,19). The third-order valence-electron chi connectivity index (χ3n) is 3.91. The maximum Gasteiger partial charge on any atom is 0.258 e. The molecule has 1 fully saturated rings. The third-order valence-corrected chi connectivity index (χ3v) is 3.91. The molecule has 0 aliphatic carbocycles. The van der Waals surface area contributed by atoms with Crippen molar-refractivity contribution in [3.8, 4) is 0 Å². The molecular formula is C15H19N3O. The zero-order chi connectivity index (χ0) is 13.2. The van der Waals surface area contributed by atoms with E-state index in [2.05, 4.69) is 21.8 Å². The van der Waals surface area contributed by atoms with Crippen LogP contribution in [0.25, 0.3) is 10.9 Å². The maximum atomic E-state index is 12.0. The average Bonchev–Trinajstić information content (AvgIpc) is 2.42. The van der Waals surface area contributed by atoms with Gasteiger partial charge in [-0.05, 0) is 44.0 Å². The Kier molecular flexibility index (Phi) is 3.34. The van der Waals surface area contributed by atoms with Crippen molar-refractivity contribution < 1.29 is 0 Å². The molecular weight excluding hydrogens is 238 g/mol. The zero-order valence-corrected chi connectivity index (χ0v) is 11.2. The lowest BCUT2D eigenvalue weighted by Crippen LogP contribution is -2.33. The van der Waals surface area contributed by atoms with Gasteiger partial charge in [-0.2, -0.15) is 0 Å². The molecule has 1 saturated heterocycles. The quantitative estimate of drug-likeness (QED) is 0.897. The van der Waals surface area contributed by atoms with E-state index in [-0.39, 0.29) is 5.56 Å². The van der Waals surface area contributed by atoms with Gasteiger partial charge in [0.15, 0.2) is 0 Å². The summed E-state index contributed by atoms with van der Waals surface area (Å²) in [5.74, 6) is 1.60. The second kappa shape index (κ2) is 5.13. The Hall–Kier alpha value is -1.68. The van der Waals surface area contributed by atoms with Crippen LogP contribution in [0.4, 0.5) is 0 Å². The summed E-state index contributed by atoms with van der Waals surface area (Å²) in [6.45, 7) is 5.23. The molecule has 1 N–H and O–H groups in total. The number of nitrogens with one attached hydrogen (secondary N) is 1. The summed E-state index contributed by atoms with van der Waals surface area (Å²) in [5, 5.41) is 0.665. The van der Waals surface area contributed by atoms with E-state index >= 15 is 0 Å². The molecule has 4 nitrogen and oxygen atoms in total. The summed E-state index contributed by atoms with van der Waals surface area (Å²) in [6, 6.07) is 7.49. The van der Waals surface area contributed by atoms with Gasteiger partial charge in [0, 0.05) is 0 Å². The molecule has 0 bridgehead atoms. The summed E-state index contributed by atoms with van der Waals surface area (Å²) in [4.78, 5) is 21.8. The van der Waals surface area contributed by atoms with Gasteiger partial charge in [-0.15, -0.1) is 0 Å². The highest BCUT2D eigenvalue weighted by molar-refractivity contribution is 5.77. The summed E-state index contributed by atoms with van der Waals surface area (Å²) in [6.07, 6.45) is 2.47. The zero-order valence-electron chi connectivity index (χ0n) is 11.2. The van der Waals surface area contributed by atoms with Gasteiger partial charge in [-0.25, -0.2) is 4.98 Å². The minimum absolute atomic E-state index is 0.0361. The molecule has 1 aromatic heterocycles. The number of H-pyrrole nitrogens is 1. The van der Waals surface area contributed by atoms with E-state index in [1.54, 1.807) is 0 Å². The van der Waals surface area contributed by atoms with Crippen LogP contribution in [0, 0.1) is 5.92 Å². The van der Waals surface area contributed by atoms with Gasteiger partial charge in [-0.3, -0.25) is 9.69 Å². The van der Waals surface area contributed by atoms with Crippen molar-refractivity contribution in [2.24, 2.45) is 5.92 Å². The molecule has 2 heterocycles. The van der Waals surface area contributed by atoms with Crippen LogP contribution in [0.3, 0.4) is 0 Å². The van der Waals surface area contributed by atoms with Gasteiger partial charge in [0.2, 0.25) is 0 Å². The van der Waals surface area contributed by atoms with Gasteiger partial charge in [0.25, 0.3) is 5.56 Å². The van der Waals surface area contributed by atoms with Crippen LogP contribution in [0.15, 0.2) is 29.1 Å². The summed E-state index contributed by atoms with van der Waals surface area (Å²) in [5.41, 5.74) is 0.748. The Labute approximate surface area is 112 Å². The fraction of sp³-hybridized carbons (Fsp3) is 0.467. The molecule has 0 atom stereocenters. The van der Waals surface area contributed by atoms with Gasteiger partial charge in [0.05, 0.1) is 17.4 Å². The largest absolute Gasteiger partial charge is 0.309 e. The van der Waals surface area contributed by atoms with E-state index in [0.29, 0.717) is 5.39 Å². The number of nitrogens with zero attached hydrogens (tertiary/aromatic N) is 2. The minimum Gasteiger partial charge on any atom is -0.309 e. The number of hydrogen-bond acceptors (Lipinski definition) is 3. The first-order chi connectivity index (χ1) is 9.22. The van der Waals surface area contributed by atoms with Crippen LogP contribution in [-0.2, 0) is 6.54 Å². The van der Waals surface area contributed by atoms with Crippen molar-refractivity contribution in [2.45, 2.75) is 26.3 Å². The van der Waals surface area contributed by atoms with Gasteiger partial charge in [-0.1, -0.05) is 19.1 Å². The molecule has 0 spiro atoms. The van der Waals surface area contributed by atoms with E-state index in [1.165, 1.54) is 12.8 Å². The Morgan fingerprint density at radius 3 is 2.84 bits per heavy atom. The molecule has 1 aliphatic rings. The third kappa shape index (κ3) is 2.68. The number of piperidine rings is 1. The predicted molar refractivity (Wildman–Crippen MR) is 76.0 cm³/mol. The second-order valence-corrected chi connectivity index (χ2v) is 5.49. The molecule has 0 radical (unpaired) electrons. The Balaban J connectivity index is 1.83. The molecule has 0 saturated carbocycles. The van der Waals surface area contributed by atoms with Crippen LogP contribution in [0.1, 0.15) is 25.6 Å². The lowest BCUT2D eigenvalue weighted by molar-refractivity contribution is 0.181. The summed E-state index contributed by atoms with van der Waals surface area (Å²) < 4.78 is 0. The fourth-order valence-electron chi connectivity index (χ4n) is 2.64. The first-order valence-electron chi connectivity index (χ1n) is 6.92. The van der Waals surface area contributed by atoms with E-state index in [1.807, 2.05) is 24.3 Å². The number of hydrogen-bond donors (Lipinski definition) is 1. The highest BCUT2D eigenvalue weighted by Crippen LogP contribution is 2.17. The van der Waals surface area contributed by atoms with Crippen molar-refractivity contribution >= 4 is 10.9 Å². The Bertz CT molecular complexity index is 627. The molecule has 100 valence electrons. The number of likely N-dealkylation sites (tertiary alicyclic amines) is 1. The molecule has 1 aliphatic heterocycles. The van der Waals surface area contributed by atoms with Crippen LogP contribution >= 0.6 is 0 Å². The first-order valence-corrected chi connectivity index (χ1v) is 6.92. The molecule has 2 aromatic rings. The van der Waals surface area contributed by atoms with Gasteiger partial charge >= 0.3 is 0 Å². The minimum atomic E-state index is -0.0361. The van der Waals surface area contributed by atoms with Crippen LogP contribution in [0.5, 0.6) is 0 Å². The van der Waals surface area contributed by atoms with Crippen LogP contribution in [-0.4, -0.2) is 28.0 Å². The monoisotopic (exact) mass is 257 g/mol. The molecule has 1 aromatic carbocycles. The van der Waals surface area contributed by atoms with Crippen LogP contribution in [0.2, 0.25) is 0 Å². The van der Waals surface area contributed by atoms with Crippen molar-refractivity contribution in [3.63, 3.8) is 0 Å². The van der Waals surface area contributed by atoms with Crippen molar-refractivity contribution in [2.75, 3.05) is 13.1 Å². The van der Waals surface area contributed by atoms with Crippen molar-refractivity contribution in [3.05, 3.63) is 40.4 Å². The number of para-hydroxylation sites is 1. The molecule has 0 amide bonds. The maximum absolute atomic E-state index is 12.0. The topological polar surface area (TPSA) is 49.0 Å². The lowest BCUT2D eigenvalue weighted by atomic mass is 9.99. The average molecular weight is 257 g/mol. The number of aromatic nitrogens is 2. The number of fused-ring (bicyclic) bond motifs is 1. The van der Waals surface area contributed by atoms with Gasteiger partial charge in [0.1, 0.15) is 5.82 Å². The van der Waals surface area contributed by atoms with Crippen molar-refractivity contribution in [1.29, 1.82) is 0 Å². The van der Waals surface area contributed by atoms with E-state index in [4.69, 9.17) is 0 Å². The normalized spacial score (nSPS) is 17.9. The molecule has 0 unspecified atom stereocenters. The second-order valence-electron chi connectivity index (χ2n) is 5.49. The van der Waals surface area contributed by atoms with Crippen molar-refractivity contribution in [1.82, 2.24) is 14.9 Å². The highest BCUT2D eigenvalue weighted by atomic mass is 16.1. The Morgan fingerprint density at radius 1 is 1.32 bits per heavy atom. The fourth-order valence-corrected chi connectivity index (χ4v) is 2.64. The van der Waals surface area contributed by atoms with Gasteiger partial charge < -0.3 is 4.98 Å². The number of rotatable bonds is 2. The molecule has 3 rings (SSSR count). The van der Waals surface area contributed by atoms with E-state index < -0.39 is 0 Å². The lowest BCUT2D eigenvalue weighted by Gasteiger charge is -2.29. The number of benzene rings is 1. The summed E-state index contributed by atoms with van der Waals surface area (Å²) in [7, 11) is 0. The predicted octanol–water partition coefficient (Wildman–Crippen LogP) is 2.16.